The molecule has 0 N–H and O–H groups in total. The second-order valence-corrected chi connectivity index (χ2v) is 6.78. The van der Waals surface area contributed by atoms with E-state index in [0.717, 1.165) is 12.8 Å². The molecule has 0 heterocycles. The van der Waals surface area contributed by atoms with Gasteiger partial charge in [0.2, 0.25) is 0 Å². The fraction of sp³-hybridized carbons (Fsp3) is 0.950. The molecule has 3 heteroatoms. The molecular weight excluding hydrogens is 297 g/mol. The summed E-state index contributed by atoms with van der Waals surface area (Å²) >= 11 is 0. The van der Waals surface area contributed by atoms with Crippen molar-refractivity contribution in [1.29, 1.82) is 0 Å². The Labute approximate surface area is 161 Å². The standard InChI is InChI=1S/C20H40O2.Mg/c1-2-3-4-5-6-7-8-9-10-11-12-13-14-15-16-17-18-19-20(21)22;/h2-19H2,1H3,(H,21,22);/q;+2/p-1. The van der Waals surface area contributed by atoms with Crippen LogP contribution in [0.2, 0.25) is 0 Å². The monoisotopic (exact) mass is 335 g/mol. The Kier molecular flexibility index (Phi) is 24.6. The molecule has 0 saturated carbocycles. The van der Waals surface area contributed by atoms with Gasteiger partial charge in [0.1, 0.15) is 0 Å². The summed E-state index contributed by atoms with van der Waals surface area (Å²) in [7, 11) is 0. The van der Waals surface area contributed by atoms with E-state index in [9.17, 15) is 9.90 Å². The number of hydrogen-bond donors (Lipinski definition) is 0. The van der Waals surface area contributed by atoms with Crippen LogP contribution >= 0.6 is 0 Å². The molecule has 0 atom stereocenters. The van der Waals surface area contributed by atoms with E-state index in [-0.39, 0.29) is 29.5 Å². The molecular formula is C20H39MgO2+. The van der Waals surface area contributed by atoms with Gasteiger partial charge in [-0.2, -0.15) is 0 Å². The zero-order chi connectivity index (χ0) is 16.3. The van der Waals surface area contributed by atoms with E-state index >= 15 is 0 Å². The van der Waals surface area contributed by atoms with Crippen molar-refractivity contribution in [2.75, 3.05) is 0 Å². The van der Waals surface area contributed by atoms with E-state index < -0.39 is 5.97 Å². The van der Waals surface area contributed by atoms with Crippen molar-refractivity contribution in [2.45, 2.75) is 122 Å². The maximum Gasteiger partial charge on any atom is 2.00 e. The molecule has 0 aromatic rings. The van der Waals surface area contributed by atoms with Crippen molar-refractivity contribution in [2.24, 2.45) is 0 Å². The van der Waals surface area contributed by atoms with Gasteiger partial charge in [0.15, 0.2) is 0 Å². The summed E-state index contributed by atoms with van der Waals surface area (Å²) in [6, 6.07) is 0. The molecule has 0 amide bonds. The van der Waals surface area contributed by atoms with Crippen molar-refractivity contribution in [3.05, 3.63) is 0 Å². The van der Waals surface area contributed by atoms with Crippen molar-refractivity contribution in [3.63, 3.8) is 0 Å². The summed E-state index contributed by atoms with van der Waals surface area (Å²) in [5.41, 5.74) is 0. The zero-order valence-corrected chi connectivity index (χ0v) is 17.2. The van der Waals surface area contributed by atoms with Crippen molar-refractivity contribution in [3.8, 4) is 0 Å². The molecule has 0 aliphatic carbocycles. The van der Waals surface area contributed by atoms with Crippen LogP contribution in [0.1, 0.15) is 122 Å². The number of rotatable bonds is 18. The average molecular weight is 336 g/mol. The summed E-state index contributed by atoms with van der Waals surface area (Å²) < 4.78 is 0. The van der Waals surface area contributed by atoms with Crippen molar-refractivity contribution in [1.82, 2.24) is 0 Å². The molecule has 0 aliphatic rings. The summed E-state index contributed by atoms with van der Waals surface area (Å²) in [6.45, 7) is 2.27. The second-order valence-electron chi connectivity index (χ2n) is 6.78. The van der Waals surface area contributed by atoms with E-state index in [1.165, 1.54) is 96.3 Å². The number of unbranched alkanes of at least 4 members (excludes halogenated alkanes) is 16. The van der Waals surface area contributed by atoms with Gasteiger partial charge in [0.05, 0.1) is 0 Å². The van der Waals surface area contributed by atoms with E-state index in [1.54, 1.807) is 0 Å². The Morgan fingerprint density at radius 3 is 1.09 bits per heavy atom. The topological polar surface area (TPSA) is 40.1 Å². The Bertz CT molecular complexity index is 232. The van der Waals surface area contributed by atoms with E-state index in [1.807, 2.05) is 0 Å². The van der Waals surface area contributed by atoms with Crippen LogP contribution in [-0.2, 0) is 4.79 Å². The molecule has 2 nitrogen and oxygen atoms in total. The van der Waals surface area contributed by atoms with Gasteiger partial charge in [-0.15, -0.1) is 0 Å². The molecule has 0 saturated heterocycles. The van der Waals surface area contributed by atoms with E-state index in [4.69, 9.17) is 0 Å². The molecule has 0 spiro atoms. The molecule has 23 heavy (non-hydrogen) atoms. The number of aliphatic carboxylic acids is 1. The number of carboxylic acid groups (broad SMARTS) is 1. The van der Waals surface area contributed by atoms with Gasteiger partial charge in [-0.1, -0.05) is 110 Å². The van der Waals surface area contributed by atoms with Crippen LogP contribution in [0, 0.1) is 0 Å². The number of carboxylic acids is 1. The Balaban J connectivity index is 0. The normalized spacial score (nSPS) is 10.5. The first-order valence-electron chi connectivity index (χ1n) is 9.97. The Morgan fingerprint density at radius 1 is 0.565 bits per heavy atom. The molecule has 0 radical (unpaired) electrons. The maximum absolute atomic E-state index is 10.2. The number of carbonyl (C=O) groups is 1. The third-order valence-corrected chi connectivity index (χ3v) is 4.48. The van der Waals surface area contributed by atoms with Gasteiger partial charge in [-0.25, -0.2) is 0 Å². The number of hydrogen-bond acceptors (Lipinski definition) is 2. The quantitative estimate of drug-likeness (QED) is 0.248. The number of carbonyl (C=O) groups excluding carboxylic acids is 1. The minimum absolute atomic E-state index is 0. The predicted molar refractivity (Wildman–Crippen MR) is 99.5 cm³/mol. The first-order chi connectivity index (χ1) is 10.8. The Morgan fingerprint density at radius 2 is 0.826 bits per heavy atom. The van der Waals surface area contributed by atoms with Crippen LogP contribution in [-0.4, -0.2) is 29.0 Å². The molecule has 132 valence electrons. The van der Waals surface area contributed by atoms with Gasteiger partial charge >= 0.3 is 23.1 Å². The van der Waals surface area contributed by atoms with Gasteiger partial charge in [-0.3, -0.25) is 0 Å². The van der Waals surface area contributed by atoms with Crippen LogP contribution in [0.3, 0.4) is 0 Å². The summed E-state index contributed by atoms with van der Waals surface area (Å²) in [4.78, 5) is 10.2. The molecule has 0 aromatic carbocycles. The fourth-order valence-corrected chi connectivity index (χ4v) is 2.99. The van der Waals surface area contributed by atoms with Crippen LogP contribution < -0.4 is 5.11 Å². The van der Waals surface area contributed by atoms with Crippen molar-refractivity contribution < 1.29 is 9.90 Å². The second kappa shape index (κ2) is 22.2. The van der Waals surface area contributed by atoms with E-state index in [0.29, 0.717) is 0 Å². The average Bonchev–Trinajstić information content (AvgIpc) is 2.50. The fourth-order valence-electron chi connectivity index (χ4n) is 2.99. The first-order valence-corrected chi connectivity index (χ1v) is 9.97. The maximum atomic E-state index is 10.2. The summed E-state index contributed by atoms with van der Waals surface area (Å²) in [6.07, 6.45) is 22.8. The Hall–Kier alpha value is 0.236. The predicted octanol–water partition coefficient (Wildman–Crippen LogP) is 5.40. The third-order valence-electron chi connectivity index (χ3n) is 4.48. The molecule has 0 fully saturated rings. The first kappa shape index (κ1) is 25.5. The largest absolute Gasteiger partial charge is 2.00 e. The van der Waals surface area contributed by atoms with Crippen LogP contribution in [0.15, 0.2) is 0 Å². The van der Waals surface area contributed by atoms with E-state index in [2.05, 4.69) is 6.92 Å². The minimum atomic E-state index is -0.902. The molecule has 0 bridgehead atoms. The smallest absolute Gasteiger partial charge is 0.550 e. The summed E-state index contributed by atoms with van der Waals surface area (Å²) in [5, 5.41) is 10.2. The SMILES string of the molecule is CCCCCCCCCCCCCCCCCCCC(=O)[O-].[Mg+2]. The molecule has 0 unspecified atom stereocenters. The molecule has 0 aliphatic heterocycles. The van der Waals surface area contributed by atoms with Crippen LogP contribution in [0.25, 0.3) is 0 Å². The van der Waals surface area contributed by atoms with Gasteiger partial charge < -0.3 is 9.90 Å². The van der Waals surface area contributed by atoms with Gasteiger partial charge in [0, 0.05) is 5.97 Å². The van der Waals surface area contributed by atoms with Crippen LogP contribution in [0.5, 0.6) is 0 Å². The summed E-state index contributed by atoms with van der Waals surface area (Å²) in [5.74, 6) is -0.902. The van der Waals surface area contributed by atoms with Crippen molar-refractivity contribution >= 4 is 29.0 Å². The third kappa shape index (κ3) is 24.6. The zero-order valence-electron chi connectivity index (χ0n) is 15.8. The van der Waals surface area contributed by atoms with Gasteiger partial charge in [-0.05, 0) is 12.8 Å². The molecule has 0 aromatic heterocycles. The minimum Gasteiger partial charge on any atom is -0.550 e. The van der Waals surface area contributed by atoms with Gasteiger partial charge in [0.25, 0.3) is 0 Å². The molecule has 0 rings (SSSR count). The van der Waals surface area contributed by atoms with Crippen LogP contribution in [0.4, 0.5) is 0 Å².